The number of nitrogens with zero attached hydrogens (tertiary/aromatic N) is 1. The van der Waals surface area contributed by atoms with Gasteiger partial charge in [-0.05, 0) is 79.0 Å². The van der Waals surface area contributed by atoms with Gasteiger partial charge < -0.3 is 9.16 Å². The van der Waals surface area contributed by atoms with E-state index in [1.807, 2.05) is 6.20 Å². The summed E-state index contributed by atoms with van der Waals surface area (Å²) in [7, 11) is -1.88. The highest BCUT2D eigenvalue weighted by Gasteiger charge is 2.58. The van der Waals surface area contributed by atoms with Crippen molar-refractivity contribution >= 4 is 14.3 Å². The van der Waals surface area contributed by atoms with Crippen molar-refractivity contribution in [3.8, 4) is 0 Å². The van der Waals surface area contributed by atoms with Crippen molar-refractivity contribution in [2.24, 2.45) is 28.6 Å². The number of allylic oxidation sites excluding steroid dienone is 1. The second-order valence-electron chi connectivity index (χ2n) is 13.4. The first kappa shape index (κ1) is 25.7. The van der Waals surface area contributed by atoms with Crippen molar-refractivity contribution in [2.45, 2.75) is 104 Å². The fourth-order valence-corrected chi connectivity index (χ4v) is 8.01. The molecule has 190 valence electrons. The molecular weight excluding hydrogens is 440 g/mol. The first-order valence-corrected chi connectivity index (χ1v) is 16.1. The van der Waals surface area contributed by atoms with Crippen LogP contribution in [0, 0.1) is 28.6 Å². The number of ether oxygens (including phenoxy) is 1. The fraction of sp³-hybridized carbons (Fsp3) is 0.786. The predicted molar refractivity (Wildman–Crippen MR) is 139 cm³/mol. The topological polar surface area (TPSA) is 64.2 Å². The fourth-order valence-electron chi connectivity index (χ4n) is 6.96. The molecule has 0 aromatic carbocycles. The Morgan fingerprint density at radius 3 is 2.62 bits per heavy atom. The van der Waals surface area contributed by atoms with Crippen LogP contribution in [0.4, 0.5) is 0 Å². The molecule has 0 bridgehead atoms. The first-order chi connectivity index (χ1) is 15.7. The van der Waals surface area contributed by atoms with Gasteiger partial charge in [0.25, 0.3) is 0 Å². The number of carbonyl (C=O) groups excluding carboxylic acids is 1. The molecule has 4 rings (SSSR count). The first-order valence-electron chi connectivity index (χ1n) is 13.2. The largest absolute Gasteiger partial charge is 0.462 e. The number of nitrogens with one attached hydrogen (secondary N) is 1. The molecule has 0 spiro atoms. The van der Waals surface area contributed by atoms with E-state index < -0.39 is 8.32 Å². The second kappa shape index (κ2) is 8.61. The molecular formula is C28H46N2O3Si. The Bertz CT molecular complexity index is 948. The Hall–Kier alpha value is -1.40. The zero-order valence-corrected chi connectivity index (χ0v) is 23.7. The third-order valence-electron chi connectivity index (χ3n) is 10.5. The lowest BCUT2D eigenvalue weighted by atomic mass is 9.52. The van der Waals surface area contributed by atoms with Crippen LogP contribution in [0.1, 0.15) is 78.5 Å². The van der Waals surface area contributed by atoms with Gasteiger partial charge in [0.05, 0.1) is 6.20 Å². The lowest BCUT2D eigenvalue weighted by Crippen LogP contribution is -2.55. The van der Waals surface area contributed by atoms with Gasteiger partial charge in [0.15, 0.2) is 8.32 Å². The van der Waals surface area contributed by atoms with Crippen molar-refractivity contribution < 1.29 is 14.0 Å². The minimum absolute atomic E-state index is 0.0232. The molecule has 1 heterocycles. The summed E-state index contributed by atoms with van der Waals surface area (Å²) in [6.45, 7) is 23.1. The van der Waals surface area contributed by atoms with E-state index in [0.29, 0.717) is 17.8 Å². The number of esters is 1. The summed E-state index contributed by atoms with van der Waals surface area (Å²) in [6.07, 6.45) is 8.14. The number of hydrogen-bond donors (Lipinski definition) is 1. The van der Waals surface area contributed by atoms with Crippen molar-refractivity contribution in [3.05, 3.63) is 29.6 Å². The summed E-state index contributed by atoms with van der Waals surface area (Å²) in [5.41, 5.74) is 3.97. The van der Waals surface area contributed by atoms with Crippen LogP contribution in [0.15, 0.2) is 18.3 Å². The van der Waals surface area contributed by atoms with Crippen LogP contribution in [-0.4, -0.2) is 37.2 Å². The maximum absolute atomic E-state index is 12.3. The molecule has 6 atom stereocenters. The molecule has 0 aliphatic heterocycles. The SMILES string of the molecule is C=C1CC[C@H]2[C@H](OC(C)=O)[C@@H]([C@@]3(C)Cc4cn[nH]c4C[C@@H]3CO[Si](C)(C)C(C)(C)C)CC[C@]12C. The van der Waals surface area contributed by atoms with Crippen LogP contribution in [-0.2, 0) is 26.8 Å². The van der Waals surface area contributed by atoms with E-state index in [4.69, 9.17) is 9.16 Å². The molecule has 2 fully saturated rings. The van der Waals surface area contributed by atoms with E-state index in [2.05, 4.69) is 64.5 Å². The molecule has 0 unspecified atom stereocenters. The van der Waals surface area contributed by atoms with E-state index in [1.165, 1.54) is 16.8 Å². The van der Waals surface area contributed by atoms with Gasteiger partial charge in [0.2, 0.25) is 0 Å². The van der Waals surface area contributed by atoms with E-state index in [0.717, 1.165) is 45.1 Å². The van der Waals surface area contributed by atoms with Gasteiger partial charge in [-0.3, -0.25) is 9.89 Å². The average Bonchev–Trinajstić information content (AvgIpc) is 3.28. The van der Waals surface area contributed by atoms with E-state index in [1.54, 1.807) is 6.92 Å². The molecule has 3 aliphatic carbocycles. The summed E-state index contributed by atoms with van der Waals surface area (Å²) in [4.78, 5) is 12.3. The number of aromatic amines is 1. The normalized spacial score (nSPS) is 36.2. The highest BCUT2D eigenvalue weighted by molar-refractivity contribution is 6.74. The lowest BCUT2D eigenvalue weighted by Gasteiger charge is -2.55. The van der Waals surface area contributed by atoms with Gasteiger partial charge in [-0.1, -0.05) is 46.8 Å². The number of rotatable bonds is 5. The Balaban J connectivity index is 1.69. The van der Waals surface area contributed by atoms with Gasteiger partial charge in [-0.15, -0.1) is 0 Å². The quantitative estimate of drug-likeness (QED) is 0.294. The maximum atomic E-state index is 12.3. The number of carbonyl (C=O) groups is 1. The van der Waals surface area contributed by atoms with Gasteiger partial charge in [0.1, 0.15) is 6.10 Å². The van der Waals surface area contributed by atoms with Crippen molar-refractivity contribution in [1.82, 2.24) is 10.2 Å². The van der Waals surface area contributed by atoms with Crippen LogP contribution in [0.2, 0.25) is 18.1 Å². The molecule has 0 saturated heterocycles. The van der Waals surface area contributed by atoms with Crippen molar-refractivity contribution in [1.29, 1.82) is 0 Å². The number of fused-ring (bicyclic) bond motifs is 2. The summed E-state index contributed by atoms with van der Waals surface area (Å²) in [6, 6.07) is 0. The maximum Gasteiger partial charge on any atom is 0.302 e. The third-order valence-corrected chi connectivity index (χ3v) is 15.0. The molecule has 2 saturated carbocycles. The molecule has 0 amide bonds. The Labute approximate surface area is 207 Å². The minimum atomic E-state index is -1.88. The molecule has 1 aromatic heterocycles. The second-order valence-corrected chi connectivity index (χ2v) is 18.2. The summed E-state index contributed by atoms with van der Waals surface area (Å²) < 4.78 is 13.1. The Morgan fingerprint density at radius 2 is 1.97 bits per heavy atom. The standard InChI is InChI=1S/C28H46N2O3Si/c1-18-10-11-22-25(33-19(2)31)23(12-13-27(18,22)6)28(7)15-20-16-29-30-24(20)14-21(28)17-32-34(8,9)26(3,4)5/h16,21-23,25H,1,10-15,17H2,2-9H3,(H,29,30)/t21-,22+,23+,25+,27-,28+/m1/s1. The molecule has 6 heteroatoms. The summed E-state index contributed by atoms with van der Waals surface area (Å²) in [5, 5.41) is 7.82. The average molecular weight is 487 g/mol. The van der Waals surface area contributed by atoms with E-state index in [9.17, 15) is 4.79 Å². The van der Waals surface area contributed by atoms with Gasteiger partial charge in [-0.25, -0.2) is 0 Å². The molecule has 3 aliphatic rings. The van der Waals surface area contributed by atoms with Crippen LogP contribution >= 0.6 is 0 Å². The lowest BCUT2D eigenvalue weighted by molar-refractivity contribution is -0.170. The van der Waals surface area contributed by atoms with Gasteiger partial charge in [-0.2, -0.15) is 5.10 Å². The van der Waals surface area contributed by atoms with Crippen LogP contribution < -0.4 is 0 Å². The zero-order valence-electron chi connectivity index (χ0n) is 22.7. The third kappa shape index (κ3) is 4.23. The highest BCUT2D eigenvalue weighted by atomic mass is 28.4. The van der Waals surface area contributed by atoms with Crippen LogP contribution in [0.3, 0.4) is 0 Å². The van der Waals surface area contributed by atoms with Crippen molar-refractivity contribution in [2.75, 3.05) is 6.61 Å². The van der Waals surface area contributed by atoms with Crippen LogP contribution in [0.5, 0.6) is 0 Å². The van der Waals surface area contributed by atoms with Crippen LogP contribution in [0.25, 0.3) is 0 Å². The molecule has 1 aromatic rings. The number of hydrogen-bond acceptors (Lipinski definition) is 4. The summed E-state index contributed by atoms with van der Waals surface area (Å²) in [5.74, 6) is 0.851. The van der Waals surface area contributed by atoms with E-state index >= 15 is 0 Å². The molecule has 34 heavy (non-hydrogen) atoms. The molecule has 5 nitrogen and oxygen atoms in total. The number of aromatic nitrogens is 2. The van der Waals surface area contributed by atoms with Gasteiger partial charge in [0, 0.05) is 31.1 Å². The Morgan fingerprint density at radius 1 is 1.26 bits per heavy atom. The Kier molecular flexibility index (Phi) is 6.51. The highest BCUT2D eigenvalue weighted by Crippen LogP contribution is 2.61. The number of H-pyrrole nitrogens is 1. The molecule has 0 radical (unpaired) electrons. The predicted octanol–water partition coefficient (Wildman–Crippen LogP) is 6.47. The van der Waals surface area contributed by atoms with Gasteiger partial charge >= 0.3 is 5.97 Å². The van der Waals surface area contributed by atoms with E-state index in [-0.39, 0.29) is 27.9 Å². The summed E-state index contributed by atoms with van der Waals surface area (Å²) >= 11 is 0. The van der Waals surface area contributed by atoms with Crippen molar-refractivity contribution in [3.63, 3.8) is 0 Å². The smallest absolute Gasteiger partial charge is 0.302 e. The monoisotopic (exact) mass is 486 g/mol. The zero-order chi connectivity index (χ0) is 25.1. The molecule has 1 N–H and O–H groups in total. The minimum Gasteiger partial charge on any atom is -0.462 e.